The Kier molecular flexibility index (Phi) is 3.06. The molecule has 0 aliphatic carbocycles. The fraction of sp³-hybridized carbons (Fsp3) is 0.250. The lowest BCUT2D eigenvalue weighted by Crippen LogP contribution is -1.97. The molecule has 2 N–H and O–H groups in total. The van der Waals surface area contributed by atoms with Crippen LogP contribution in [0.4, 0.5) is 0 Å². The average Bonchev–Trinajstić information content (AvgIpc) is 2.84. The number of imidazole rings is 1. The predicted octanol–water partition coefficient (Wildman–Crippen LogP) is 1.11. The van der Waals surface area contributed by atoms with Crippen molar-refractivity contribution in [2.75, 3.05) is 0 Å². The van der Waals surface area contributed by atoms with E-state index < -0.39 is 0 Å². The lowest BCUT2D eigenvalue weighted by atomic mass is 10.5. The SMILES string of the molecule is Cc1cncn1CC#CCn1c(O)ccc1O. The minimum Gasteiger partial charge on any atom is -0.494 e. The van der Waals surface area contributed by atoms with Crippen LogP contribution in [0, 0.1) is 18.8 Å². The Morgan fingerprint density at radius 3 is 2.41 bits per heavy atom. The first-order chi connectivity index (χ1) is 8.18. The van der Waals surface area contributed by atoms with Gasteiger partial charge < -0.3 is 14.8 Å². The normalized spacial score (nSPS) is 9.94. The fourth-order valence-corrected chi connectivity index (χ4v) is 1.44. The third-order valence-corrected chi connectivity index (χ3v) is 2.47. The summed E-state index contributed by atoms with van der Waals surface area (Å²) < 4.78 is 3.25. The second-order valence-corrected chi connectivity index (χ2v) is 3.65. The van der Waals surface area contributed by atoms with Gasteiger partial charge in [-0.25, -0.2) is 4.98 Å². The third-order valence-electron chi connectivity index (χ3n) is 2.47. The quantitative estimate of drug-likeness (QED) is 0.761. The lowest BCUT2D eigenvalue weighted by molar-refractivity contribution is 0.380. The Labute approximate surface area is 99.0 Å². The molecule has 0 unspecified atom stereocenters. The first kappa shape index (κ1) is 11.1. The van der Waals surface area contributed by atoms with Crippen LogP contribution in [0.3, 0.4) is 0 Å². The zero-order chi connectivity index (χ0) is 12.3. The number of aryl methyl sites for hydroxylation is 1. The first-order valence-corrected chi connectivity index (χ1v) is 5.18. The van der Waals surface area contributed by atoms with E-state index in [-0.39, 0.29) is 18.3 Å². The molecule has 0 aliphatic heterocycles. The molecule has 2 aromatic heterocycles. The van der Waals surface area contributed by atoms with E-state index in [9.17, 15) is 10.2 Å². The van der Waals surface area contributed by atoms with Crippen LogP contribution in [0.15, 0.2) is 24.7 Å². The predicted molar refractivity (Wildman–Crippen MR) is 62.5 cm³/mol. The zero-order valence-electron chi connectivity index (χ0n) is 9.46. The molecule has 88 valence electrons. The molecule has 17 heavy (non-hydrogen) atoms. The van der Waals surface area contributed by atoms with E-state index in [0.29, 0.717) is 6.54 Å². The maximum atomic E-state index is 9.38. The maximum absolute atomic E-state index is 9.38. The monoisotopic (exact) mass is 231 g/mol. The zero-order valence-corrected chi connectivity index (χ0v) is 9.46. The average molecular weight is 231 g/mol. The summed E-state index contributed by atoms with van der Waals surface area (Å²) in [5, 5.41) is 18.8. The summed E-state index contributed by atoms with van der Waals surface area (Å²) in [7, 11) is 0. The van der Waals surface area contributed by atoms with Gasteiger partial charge in [-0.1, -0.05) is 11.8 Å². The number of aromatic hydroxyl groups is 2. The summed E-state index contributed by atoms with van der Waals surface area (Å²) >= 11 is 0. The summed E-state index contributed by atoms with van der Waals surface area (Å²) in [5.74, 6) is 5.85. The highest BCUT2D eigenvalue weighted by Crippen LogP contribution is 2.19. The van der Waals surface area contributed by atoms with Gasteiger partial charge in [-0.2, -0.15) is 0 Å². The van der Waals surface area contributed by atoms with Crippen molar-refractivity contribution < 1.29 is 10.2 Å². The molecule has 0 radical (unpaired) electrons. The Bertz CT molecular complexity index is 553. The van der Waals surface area contributed by atoms with Crippen LogP contribution in [0.25, 0.3) is 0 Å². The summed E-state index contributed by atoms with van der Waals surface area (Å²) in [6.07, 6.45) is 3.49. The van der Waals surface area contributed by atoms with E-state index in [0.717, 1.165) is 5.69 Å². The van der Waals surface area contributed by atoms with Crippen molar-refractivity contribution in [3.63, 3.8) is 0 Å². The molecule has 5 nitrogen and oxygen atoms in total. The summed E-state index contributed by atoms with van der Waals surface area (Å²) in [5.41, 5.74) is 1.05. The topological polar surface area (TPSA) is 63.2 Å². The van der Waals surface area contributed by atoms with E-state index >= 15 is 0 Å². The van der Waals surface area contributed by atoms with Gasteiger partial charge in [-0.15, -0.1) is 0 Å². The molecular formula is C12H13N3O2. The standard InChI is InChI=1S/C12H13N3O2/c1-10-8-13-9-14(10)6-2-3-7-15-11(16)4-5-12(15)17/h4-5,8-9,16-17H,6-7H2,1H3. The van der Waals surface area contributed by atoms with Gasteiger partial charge in [-0.05, 0) is 6.92 Å². The number of hydrogen-bond donors (Lipinski definition) is 2. The lowest BCUT2D eigenvalue weighted by Gasteiger charge is -2.00. The molecule has 0 saturated carbocycles. The van der Waals surface area contributed by atoms with Gasteiger partial charge in [0.25, 0.3) is 0 Å². The highest BCUT2D eigenvalue weighted by atomic mass is 16.3. The number of rotatable bonds is 2. The summed E-state index contributed by atoms with van der Waals surface area (Å²) in [4.78, 5) is 3.99. The van der Waals surface area contributed by atoms with Crippen molar-refractivity contribution in [1.29, 1.82) is 0 Å². The van der Waals surface area contributed by atoms with Gasteiger partial charge >= 0.3 is 0 Å². The van der Waals surface area contributed by atoms with E-state index in [4.69, 9.17) is 0 Å². The van der Waals surface area contributed by atoms with Gasteiger partial charge in [0.1, 0.15) is 0 Å². The van der Waals surface area contributed by atoms with E-state index in [1.165, 1.54) is 16.7 Å². The van der Waals surface area contributed by atoms with Gasteiger partial charge in [0, 0.05) is 24.0 Å². The molecule has 0 bridgehead atoms. The Morgan fingerprint density at radius 1 is 1.18 bits per heavy atom. The molecular weight excluding hydrogens is 218 g/mol. The maximum Gasteiger partial charge on any atom is 0.194 e. The van der Waals surface area contributed by atoms with Crippen molar-refractivity contribution in [2.45, 2.75) is 20.0 Å². The van der Waals surface area contributed by atoms with Crippen molar-refractivity contribution >= 4 is 0 Å². The van der Waals surface area contributed by atoms with Crippen LogP contribution in [-0.2, 0) is 13.1 Å². The van der Waals surface area contributed by atoms with Crippen molar-refractivity contribution in [3.05, 3.63) is 30.4 Å². The minimum absolute atomic E-state index is 0.00983. The van der Waals surface area contributed by atoms with Crippen molar-refractivity contribution in [2.24, 2.45) is 0 Å². The molecule has 2 aromatic rings. The van der Waals surface area contributed by atoms with E-state index in [2.05, 4.69) is 16.8 Å². The van der Waals surface area contributed by atoms with Crippen LogP contribution in [0.1, 0.15) is 5.69 Å². The van der Waals surface area contributed by atoms with Gasteiger partial charge in [0.15, 0.2) is 11.8 Å². The van der Waals surface area contributed by atoms with Gasteiger partial charge in [0.05, 0.1) is 19.4 Å². The molecule has 0 amide bonds. The highest BCUT2D eigenvalue weighted by molar-refractivity contribution is 5.25. The Balaban J connectivity index is 1.98. The number of aromatic nitrogens is 3. The molecule has 0 fully saturated rings. The van der Waals surface area contributed by atoms with Gasteiger partial charge in [-0.3, -0.25) is 4.57 Å². The van der Waals surface area contributed by atoms with Crippen LogP contribution in [0.5, 0.6) is 11.8 Å². The van der Waals surface area contributed by atoms with Gasteiger partial charge in [0.2, 0.25) is 0 Å². The Morgan fingerprint density at radius 2 is 1.82 bits per heavy atom. The third kappa shape index (κ3) is 2.42. The van der Waals surface area contributed by atoms with Crippen molar-refractivity contribution in [1.82, 2.24) is 14.1 Å². The summed E-state index contributed by atoms with van der Waals surface area (Å²) in [6.45, 7) is 2.77. The van der Waals surface area contributed by atoms with Crippen molar-refractivity contribution in [3.8, 4) is 23.6 Å². The molecule has 2 heterocycles. The first-order valence-electron chi connectivity index (χ1n) is 5.18. The molecule has 0 aromatic carbocycles. The molecule has 0 aliphatic rings. The van der Waals surface area contributed by atoms with E-state index in [1.807, 2.05) is 11.5 Å². The smallest absolute Gasteiger partial charge is 0.194 e. The molecule has 2 rings (SSSR count). The van der Waals surface area contributed by atoms with E-state index in [1.54, 1.807) is 12.5 Å². The number of hydrogen-bond acceptors (Lipinski definition) is 3. The molecule has 0 saturated heterocycles. The summed E-state index contributed by atoms with van der Waals surface area (Å²) in [6, 6.07) is 2.86. The second-order valence-electron chi connectivity index (χ2n) is 3.65. The fourth-order valence-electron chi connectivity index (χ4n) is 1.44. The largest absolute Gasteiger partial charge is 0.494 e. The molecule has 5 heteroatoms. The van der Waals surface area contributed by atoms with Crippen LogP contribution >= 0.6 is 0 Å². The molecule has 0 spiro atoms. The minimum atomic E-state index is 0.00983. The van der Waals surface area contributed by atoms with Crippen LogP contribution in [0.2, 0.25) is 0 Å². The van der Waals surface area contributed by atoms with Crippen LogP contribution < -0.4 is 0 Å². The molecule has 0 atom stereocenters. The number of nitrogens with zero attached hydrogens (tertiary/aromatic N) is 3. The van der Waals surface area contributed by atoms with Crippen LogP contribution in [-0.4, -0.2) is 24.3 Å². The highest BCUT2D eigenvalue weighted by Gasteiger charge is 2.02. The Hall–Kier alpha value is -2.35. The second kappa shape index (κ2) is 4.66.